The Kier molecular flexibility index (Phi) is 3.37. The molecule has 0 spiro atoms. The molecule has 3 rings (SSSR count). The van der Waals surface area contributed by atoms with Gasteiger partial charge in [-0.1, -0.05) is 6.07 Å². The van der Waals surface area contributed by atoms with Gasteiger partial charge in [0.15, 0.2) is 0 Å². The molecule has 0 aliphatic carbocycles. The molecule has 2 aromatic rings. The Bertz CT molecular complexity index is 712. The summed E-state index contributed by atoms with van der Waals surface area (Å²) < 4.78 is 13.2. The number of hydrogen-bond acceptors (Lipinski definition) is 2. The van der Waals surface area contributed by atoms with Crippen LogP contribution in [0.15, 0.2) is 36.4 Å². The van der Waals surface area contributed by atoms with Crippen LogP contribution in [0.5, 0.6) is 0 Å². The fraction of sp³-hybridized carbons (Fsp3) is 0.235. The van der Waals surface area contributed by atoms with Crippen molar-refractivity contribution in [3.05, 3.63) is 64.5 Å². The predicted molar refractivity (Wildman–Crippen MR) is 79.3 cm³/mol. The second kappa shape index (κ2) is 5.20. The Labute approximate surface area is 122 Å². The number of nitrogens with zero attached hydrogens (tertiary/aromatic N) is 1. The maximum atomic E-state index is 13.2. The average Bonchev–Trinajstić information content (AvgIpc) is 2.84. The molecule has 1 heterocycles. The van der Waals surface area contributed by atoms with Crippen molar-refractivity contribution in [2.45, 2.75) is 19.9 Å². The van der Waals surface area contributed by atoms with E-state index in [2.05, 4.69) is 4.90 Å². The third-order valence-electron chi connectivity index (χ3n) is 3.98. The normalized spacial score (nSPS) is 13.3. The molecular formula is C17H16FNO2. The van der Waals surface area contributed by atoms with E-state index < -0.39 is 5.97 Å². The highest BCUT2D eigenvalue weighted by Gasteiger charge is 2.21. The highest BCUT2D eigenvalue weighted by Crippen LogP contribution is 2.30. The van der Waals surface area contributed by atoms with E-state index in [1.165, 1.54) is 6.07 Å². The van der Waals surface area contributed by atoms with Crippen LogP contribution >= 0.6 is 0 Å². The van der Waals surface area contributed by atoms with Gasteiger partial charge in [0.2, 0.25) is 0 Å². The van der Waals surface area contributed by atoms with Crippen molar-refractivity contribution in [3.63, 3.8) is 0 Å². The van der Waals surface area contributed by atoms with E-state index >= 15 is 0 Å². The molecule has 0 saturated carbocycles. The second-order valence-corrected chi connectivity index (χ2v) is 5.39. The molecule has 2 aromatic carbocycles. The summed E-state index contributed by atoms with van der Waals surface area (Å²) in [6.45, 7) is 3.48. The zero-order chi connectivity index (χ0) is 15.0. The minimum absolute atomic E-state index is 0.218. The van der Waals surface area contributed by atoms with Crippen LogP contribution in [0.1, 0.15) is 27.0 Å². The molecule has 108 valence electrons. The number of rotatable bonds is 3. The lowest BCUT2D eigenvalue weighted by Crippen LogP contribution is -2.20. The van der Waals surface area contributed by atoms with E-state index in [9.17, 15) is 9.18 Å². The van der Waals surface area contributed by atoms with Crippen LogP contribution < -0.4 is 4.90 Å². The lowest BCUT2D eigenvalue weighted by atomic mass is 10.1. The van der Waals surface area contributed by atoms with E-state index in [1.54, 1.807) is 18.2 Å². The van der Waals surface area contributed by atoms with E-state index in [4.69, 9.17) is 5.11 Å². The average molecular weight is 285 g/mol. The van der Waals surface area contributed by atoms with Gasteiger partial charge in [-0.2, -0.15) is 0 Å². The van der Waals surface area contributed by atoms with E-state index in [0.29, 0.717) is 12.1 Å². The maximum absolute atomic E-state index is 13.2. The van der Waals surface area contributed by atoms with Crippen molar-refractivity contribution in [2.75, 3.05) is 11.4 Å². The summed E-state index contributed by atoms with van der Waals surface area (Å²) in [5, 5.41) is 9.03. The molecule has 0 fully saturated rings. The van der Waals surface area contributed by atoms with Gasteiger partial charge >= 0.3 is 5.97 Å². The number of aromatic carboxylic acids is 1. The maximum Gasteiger partial charge on any atom is 0.335 e. The third kappa shape index (κ3) is 2.61. The van der Waals surface area contributed by atoms with Crippen LogP contribution in [-0.4, -0.2) is 17.6 Å². The van der Waals surface area contributed by atoms with Crippen LogP contribution in [0.2, 0.25) is 0 Å². The van der Waals surface area contributed by atoms with Crippen LogP contribution in [0.3, 0.4) is 0 Å². The number of hydrogen-bond donors (Lipinski definition) is 1. The number of fused-ring (bicyclic) bond motifs is 1. The third-order valence-corrected chi connectivity index (χ3v) is 3.98. The standard InChI is InChI=1S/C17H16FNO2/c1-11-8-15(18)4-2-14(11)10-19-7-6-12-9-13(17(20)21)3-5-16(12)19/h2-5,8-9H,6-7,10H2,1H3,(H,20,21). The lowest BCUT2D eigenvalue weighted by molar-refractivity contribution is 0.0697. The number of halogens is 1. The van der Waals surface area contributed by atoms with Crippen molar-refractivity contribution in [1.82, 2.24) is 0 Å². The van der Waals surface area contributed by atoms with E-state index in [1.807, 2.05) is 19.1 Å². The first kappa shape index (κ1) is 13.6. The SMILES string of the molecule is Cc1cc(F)ccc1CN1CCc2cc(C(=O)O)ccc21. The number of carbonyl (C=O) groups is 1. The molecule has 0 aromatic heterocycles. The van der Waals surface area contributed by atoms with Crippen molar-refractivity contribution < 1.29 is 14.3 Å². The monoisotopic (exact) mass is 285 g/mol. The van der Waals surface area contributed by atoms with Gasteiger partial charge in [0.25, 0.3) is 0 Å². The molecular weight excluding hydrogens is 269 g/mol. The number of aryl methyl sites for hydroxylation is 1. The largest absolute Gasteiger partial charge is 0.478 e. The van der Waals surface area contributed by atoms with Crippen LogP contribution in [0.25, 0.3) is 0 Å². The molecule has 0 bridgehead atoms. The predicted octanol–water partition coefficient (Wildman–Crippen LogP) is 3.40. The summed E-state index contributed by atoms with van der Waals surface area (Å²) in [7, 11) is 0. The molecule has 0 amide bonds. The van der Waals surface area contributed by atoms with E-state index in [0.717, 1.165) is 35.3 Å². The smallest absolute Gasteiger partial charge is 0.335 e. The zero-order valence-electron chi connectivity index (χ0n) is 11.8. The first-order valence-corrected chi connectivity index (χ1v) is 6.91. The highest BCUT2D eigenvalue weighted by atomic mass is 19.1. The molecule has 1 N–H and O–H groups in total. The van der Waals surface area contributed by atoms with Crippen LogP contribution in [-0.2, 0) is 13.0 Å². The van der Waals surface area contributed by atoms with Gasteiger partial charge in [-0.05, 0) is 60.4 Å². The molecule has 21 heavy (non-hydrogen) atoms. The first-order valence-electron chi connectivity index (χ1n) is 6.91. The zero-order valence-corrected chi connectivity index (χ0v) is 11.8. The van der Waals surface area contributed by atoms with Gasteiger partial charge in [0.1, 0.15) is 5.82 Å². The van der Waals surface area contributed by atoms with Crippen molar-refractivity contribution >= 4 is 11.7 Å². The van der Waals surface area contributed by atoms with Gasteiger partial charge < -0.3 is 10.0 Å². The fourth-order valence-corrected chi connectivity index (χ4v) is 2.81. The molecule has 1 aliphatic rings. The summed E-state index contributed by atoms with van der Waals surface area (Å²) >= 11 is 0. The summed E-state index contributed by atoms with van der Waals surface area (Å²) in [6.07, 6.45) is 0.844. The molecule has 3 nitrogen and oxygen atoms in total. The van der Waals surface area contributed by atoms with Crippen LogP contribution in [0, 0.1) is 12.7 Å². The summed E-state index contributed by atoms with van der Waals surface area (Å²) in [6, 6.07) is 10.1. The number of carboxylic acid groups (broad SMARTS) is 1. The Morgan fingerprint density at radius 3 is 2.81 bits per heavy atom. The number of benzene rings is 2. The van der Waals surface area contributed by atoms with Gasteiger partial charge in [0, 0.05) is 18.8 Å². The molecule has 0 radical (unpaired) electrons. The van der Waals surface area contributed by atoms with Crippen molar-refractivity contribution in [3.8, 4) is 0 Å². The molecule has 0 saturated heterocycles. The highest BCUT2D eigenvalue weighted by molar-refractivity contribution is 5.88. The second-order valence-electron chi connectivity index (χ2n) is 5.39. The molecule has 0 unspecified atom stereocenters. The minimum atomic E-state index is -0.898. The van der Waals surface area contributed by atoms with Gasteiger partial charge in [-0.25, -0.2) is 9.18 Å². The molecule has 4 heteroatoms. The lowest BCUT2D eigenvalue weighted by Gasteiger charge is -2.20. The summed E-state index contributed by atoms with van der Waals surface area (Å²) in [5.41, 5.74) is 4.49. The number of carboxylic acids is 1. The van der Waals surface area contributed by atoms with Gasteiger partial charge in [-0.3, -0.25) is 0 Å². The first-order chi connectivity index (χ1) is 10.0. The minimum Gasteiger partial charge on any atom is -0.478 e. The Balaban J connectivity index is 1.86. The van der Waals surface area contributed by atoms with E-state index in [-0.39, 0.29) is 5.82 Å². The fourth-order valence-electron chi connectivity index (χ4n) is 2.81. The Morgan fingerprint density at radius 2 is 2.10 bits per heavy atom. The molecule has 1 aliphatic heterocycles. The summed E-state index contributed by atoms with van der Waals surface area (Å²) in [5.74, 6) is -1.12. The Hall–Kier alpha value is -2.36. The quantitative estimate of drug-likeness (QED) is 0.939. The number of anilines is 1. The summed E-state index contributed by atoms with van der Waals surface area (Å²) in [4.78, 5) is 13.2. The van der Waals surface area contributed by atoms with Crippen molar-refractivity contribution in [1.29, 1.82) is 0 Å². The van der Waals surface area contributed by atoms with Gasteiger partial charge in [0.05, 0.1) is 5.56 Å². The Morgan fingerprint density at radius 1 is 1.29 bits per heavy atom. The van der Waals surface area contributed by atoms with Gasteiger partial charge in [-0.15, -0.1) is 0 Å². The molecule has 0 atom stereocenters. The topological polar surface area (TPSA) is 40.5 Å². The van der Waals surface area contributed by atoms with Crippen LogP contribution in [0.4, 0.5) is 10.1 Å². The van der Waals surface area contributed by atoms with Crippen molar-refractivity contribution in [2.24, 2.45) is 0 Å².